The second-order valence-corrected chi connectivity index (χ2v) is 9.71. The van der Waals surface area contributed by atoms with Crippen molar-refractivity contribution in [2.75, 3.05) is 25.0 Å². The molecule has 0 radical (unpaired) electrons. The Hall–Kier alpha value is -1.89. The minimum absolute atomic E-state index is 0.104. The van der Waals surface area contributed by atoms with Crippen LogP contribution in [-0.2, 0) is 27.2 Å². The van der Waals surface area contributed by atoms with Gasteiger partial charge < -0.3 is 15.0 Å². The third-order valence-electron chi connectivity index (χ3n) is 6.64. The number of rotatable bonds is 4. The van der Waals surface area contributed by atoms with Gasteiger partial charge >= 0.3 is 5.97 Å². The van der Waals surface area contributed by atoms with E-state index in [1.165, 1.54) is 43.9 Å². The first-order valence-corrected chi connectivity index (χ1v) is 11.7. The fraction of sp³-hybridized carbons (Fsp3) is 0.682. The number of hydrogen-bond donors (Lipinski definition) is 1. The minimum atomic E-state index is -0.492. The van der Waals surface area contributed by atoms with Crippen LogP contribution in [-0.4, -0.2) is 42.4 Å². The van der Waals surface area contributed by atoms with E-state index in [0.717, 1.165) is 61.6 Å². The normalized spacial score (nSPS) is 23.7. The second-order valence-electron chi connectivity index (χ2n) is 8.61. The van der Waals surface area contributed by atoms with E-state index in [1.54, 1.807) is 0 Å². The molecule has 1 aliphatic heterocycles. The molecule has 1 aromatic heterocycles. The molecule has 158 valence electrons. The number of aryl methyl sites for hydroxylation is 1. The van der Waals surface area contributed by atoms with Crippen molar-refractivity contribution in [2.45, 2.75) is 64.7 Å². The van der Waals surface area contributed by atoms with Gasteiger partial charge in [-0.05, 0) is 55.9 Å². The summed E-state index contributed by atoms with van der Waals surface area (Å²) in [5, 5.41) is 3.34. The summed E-state index contributed by atoms with van der Waals surface area (Å²) in [6, 6.07) is 0. The number of likely N-dealkylation sites (tertiary alicyclic amines) is 1. The van der Waals surface area contributed by atoms with Crippen molar-refractivity contribution in [1.29, 1.82) is 0 Å². The van der Waals surface area contributed by atoms with E-state index >= 15 is 0 Å². The summed E-state index contributed by atoms with van der Waals surface area (Å²) in [5.74, 6) is 0.561. The summed E-state index contributed by atoms with van der Waals surface area (Å²) >= 11 is 1.47. The van der Waals surface area contributed by atoms with Gasteiger partial charge in [0.25, 0.3) is 5.91 Å². The topological polar surface area (TPSA) is 75.7 Å². The molecule has 7 heteroatoms. The van der Waals surface area contributed by atoms with Crippen LogP contribution >= 0.6 is 11.3 Å². The van der Waals surface area contributed by atoms with Crippen LogP contribution in [0.3, 0.4) is 0 Å². The highest BCUT2D eigenvalue weighted by molar-refractivity contribution is 7.17. The van der Waals surface area contributed by atoms with Gasteiger partial charge in [-0.1, -0.05) is 19.3 Å². The molecular formula is C22H30N2O4S. The predicted octanol–water partition coefficient (Wildman–Crippen LogP) is 3.78. The molecule has 1 saturated heterocycles. The highest BCUT2D eigenvalue weighted by Crippen LogP contribution is 2.39. The molecule has 2 amide bonds. The van der Waals surface area contributed by atoms with Gasteiger partial charge in [0.05, 0.1) is 5.56 Å². The maximum absolute atomic E-state index is 12.9. The number of nitrogens with zero attached hydrogens (tertiary/aromatic N) is 1. The molecule has 1 saturated carbocycles. The van der Waals surface area contributed by atoms with Crippen LogP contribution < -0.4 is 5.32 Å². The van der Waals surface area contributed by atoms with Crippen LogP contribution in [0.5, 0.6) is 0 Å². The van der Waals surface area contributed by atoms with E-state index in [-0.39, 0.29) is 18.4 Å². The third kappa shape index (κ3) is 4.49. The number of ether oxygens (including phenoxy) is 1. The van der Waals surface area contributed by atoms with Gasteiger partial charge in [0, 0.05) is 24.9 Å². The summed E-state index contributed by atoms with van der Waals surface area (Å²) in [6.07, 6.45) is 9.99. The lowest BCUT2D eigenvalue weighted by Crippen LogP contribution is -2.46. The molecule has 6 nitrogen and oxygen atoms in total. The zero-order valence-electron chi connectivity index (χ0n) is 17.1. The van der Waals surface area contributed by atoms with Crippen LogP contribution in [0.2, 0.25) is 0 Å². The fourth-order valence-electron chi connectivity index (χ4n) is 5.15. The molecular weight excluding hydrogens is 388 g/mol. The molecule has 3 aliphatic rings. The van der Waals surface area contributed by atoms with E-state index < -0.39 is 5.97 Å². The molecule has 4 rings (SSSR count). The van der Waals surface area contributed by atoms with Crippen LogP contribution in [0, 0.1) is 11.8 Å². The van der Waals surface area contributed by atoms with Crippen molar-refractivity contribution in [3.8, 4) is 0 Å². The van der Waals surface area contributed by atoms with Crippen LogP contribution in [0.4, 0.5) is 5.00 Å². The first-order chi connectivity index (χ1) is 14.0. The number of esters is 1. The fourth-order valence-corrected chi connectivity index (χ4v) is 6.47. The number of fused-ring (bicyclic) bond motifs is 2. The van der Waals surface area contributed by atoms with E-state index in [0.29, 0.717) is 16.5 Å². The molecule has 1 aromatic rings. The summed E-state index contributed by atoms with van der Waals surface area (Å²) in [5.41, 5.74) is 1.45. The summed E-state index contributed by atoms with van der Waals surface area (Å²) < 4.78 is 5.45. The van der Waals surface area contributed by atoms with Gasteiger partial charge in [-0.2, -0.15) is 0 Å². The molecule has 29 heavy (non-hydrogen) atoms. The zero-order valence-corrected chi connectivity index (χ0v) is 17.9. The van der Waals surface area contributed by atoms with Crippen molar-refractivity contribution < 1.29 is 19.1 Å². The lowest BCUT2D eigenvalue weighted by molar-refractivity contribution is -0.137. The molecule has 2 atom stereocenters. The number of amides is 2. The lowest BCUT2D eigenvalue weighted by atomic mass is 9.75. The van der Waals surface area contributed by atoms with E-state index in [1.807, 2.05) is 4.90 Å². The number of carbonyl (C=O) groups excluding carboxylic acids is 3. The largest absolute Gasteiger partial charge is 0.452 e. The van der Waals surface area contributed by atoms with Gasteiger partial charge in [0.15, 0.2) is 6.61 Å². The molecule has 1 N–H and O–H groups in total. The highest BCUT2D eigenvalue weighted by Gasteiger charge is 2.33. The van der Waals surface area contributed by atoms with Crippen LogP contribution in [0.25, 0.3) is 0 Å². The molecule has 0 unspecified atom stereocenters. The predicted molar refractivity (Wildman–Crippen MR) is 112 cm³/mol. The van der Waals surface area contributed by atoms with E-state index in [4.69, 9.17) is 4.74 Å². The minimum Gasteiger partial charge on any atom is -0.452 e. The molecule has 2 fully saturated rings. The van der Waals surface area contributed by atoms with Crippen LogP contribution in [0.1, 0.15) is 72.7 Å². The molecule has 0 aromatic carbocycles. The molecule has 2 heterocycles. The Bertz CT molecular complexity index is 803. The van der Waals surface area contributed by atoms with Gasteiger partial charge in [0.2, 0.25) is 5.91 Å². The van der Waals surface area contributed by atoms with Gasteiger partial charge in [0.1, 0.15) is 5.00 Å². The first kappa shape index (κ1) is 20.4. The SMILES string of the molecule is CC(=O)Nc1sc2c(c1C(=O)OCC(=O)N1CC[C@H]3CCCC[C@@H]3C1)CCCC2. The number of nitrogens with one attached hydrogen (secondary N) is 1. The first-order valence-electron chi connectivity index (χ1n) is 10.9. The summed E-state index contributed by atoms with van der Waals surface area (Å²) in [7, 11) is 0. The number of hydrogen-bond acceptors (Lipinski definition) is 5. The zero-order chi connectivity index (χ0) is 20.4. The Labute approximate surface area is 176 Å². The van der Waals surface area contributed by atoms with Crippen LogP contribution in [0.15, 0.2) is 0 Å². The molecule has 2 aliphatic carbocycles. The Morgan fingerprint density at radius 3 is 2.62 bits per heavy atom. The lowest BCUT2D eigenvalue weighted by Gasteiger charge is -2.41. The van der Waals surface area contributed by atoms with E-state index in [9.17, 15) is 14.4 Å². The van der Waals surface area contributed by atoms with E-state index in [2.05, 4.69) is 5.32 Å². The summed E-state index contributed by atoms with van der Waals surface area (Å²) in [6.45, 7) is 2.78. The van der Waals surface area contributed by atoms with Crippen molar-refractivity contribution in [1.82, 2.24) is 4.90 Å². The maximum atomic E-state index is 12.9. The van der Waals surface area contributed by atoms with Crippen molar-refractivity contribution in [2.24, 2.45) is 11.8 Å². The Balaban J connectivity index is 1.40. The number of anilines is 1. The van der Waals surface area contributed by atoms with Crippen molar-refractivity contribution >= 4 is 34.1 Å². The van der Waals surface area contributed by atoms with Gasteiger partial charge in [-0.25, -0.2) is 4.79 Å². The van der Waals surface area contributed by atoms with Gasteiger partial charge in [-0.3, -0.25) is 9.59 Å². The standard InChI is InChI=1S/C22H30N2O4S/c1-14(25)23-21-20(17-8-4-5-9-18(17)29-21)22(27)28-13-19(26)24-11-10-15-6-2-3-7-16(15)12-24/h15-16H,2-13H2,1H3,(H,23,25)/t15-,16-/m1/s1. The van der Waals surface area contributed by atoms with Crippen molar-refractivity contribution in [3.05, 3.63) is 16.0 Å². The number of piperidine rings is 1. The average Bonchev–Trinajstić information content (AvgIpc) is 3.08. The quantitative estimate of drug-likeness (QED) is 0.755. The van der Waals surface area contributed by atoms with Gasteiger partial charge in [-0.15, -0.1) is 11.3 Å². The number of thiophene rings is 1. The maximum Gasteiger partial charge on any atom is 0.341 e. The highest BCUT2D eigenvalue weighted by atomic mass is 32.1. The monoisotopic (exact) mass is 418 g/mol. The summed E-state index contributed by atoms with van der Waals surface area (Å²) in [4.78, 5) is 40.1. The smallest absolute Gasteiger partial charge is 0.341 e. The Morgan fingerprint density at radius 1 is 1.07 bits per heavy atom. The average molecular weight is 419 g/mol. The number of carbonyl (C=O) groups is 3. The van der Waals surface area contributed by atoms with Crippen molar-refractivity contribution in [3.63, 3.8) is 0 Å². The molecule has 0 spiro atoms. The Kier molecular flexibility index (Phi) is 6.23. The Morgan fingerprint density at radius 2 is 1.83 bits per heavy atom. The second kappa shape index (κ2) is 8.86. The molecule has 0 bridgehead atoms. The third-order valence-corrected chi connectivity index (χ3v) is 7.84.